The van der Waals surface area contributed by atoms with Crippen LogP contribution in [0, 0.1) is 5.82 Å². The van der Waals surface area contributed by atoms with E-state index >= 15 is 0 Å². The van der Waals surface area contributed by atoms with E-state index in [1.54, 1.807) is 6.92 Å². The third kappa shape index (κ3) is 4.66. The number of pyridine rings is 1. The highest BCUT2D eigenvalue weighted by molar-refractivity contribution is 7.93. The van der Waals surface area contributed by atoms with Gasteiger partial charge in [0.1, 0.15) is 33.4 Å². The SMILES string of the molecule is CN1CCC2(CC1)C(N)=N[C@](C)(c1cc(CC(=O)c3ccc(OCF)cn3)ccc1F)CS2(=O)=O. The number of nitrogens with zero attached hydrogens (tertiary/aromatic N) is 3. The van der Waals surface area contributed by atoms with Crippen LogP contribution in [0.1, 0.15) is 41.4 Å². The van der Waals surface area contributed by atoms with E-state index in [0.29, 0.717) is 31.5 Å². The number of carbonyl (C=O) groups is 1. The fourth-order valence-corrected chi connectivity index (χ4v) is 7.22. The van der Waals surface area contributed by atoms with Gasteiger partial charge >= 0.3 is 0 Å². The highest BCUT2D eigenvalue weighted by atomic mass is 32.2. The molecule has 8 nitrogen and oxygen atoms in total. The summed E-state index contributed by atoms with van der Waals surface area (Å²) in [5, 5.41) is 0. The van der Waals surface area contributed by atoms with Crippen molar-refractivity contribution in [3.8, 4) is 5.75 Å². The van der Waals surface area contributed by atoms with E-state index in [1.807, 2.05) is 11.9 Å². The number of aromatic nitrogens is 1. The lowest BCUT2D eigenvalue weighted by Gasteiger charge is -2.45. The van der Waals surface area contributed by atoms with Gasteiger partial charge in [-0.1, -0.05) is 6.07 Å². The Morgan fingerprint density at radius 2 is 1.94 bits per heavy atom. The van der Waals surface area contributed by atoms with Gasteiger partial charge in [0.25, 0.3) is 0 Å². The molecule has 2 aliphatic rings. The number of Topliss-reactive ketones (excluding diaryl/α,β-unsaturated/α-hetero) is 1. The van der Waals surface area contributed by atoms with Crippen LogP contribution in [0.15, 0.2) is 41.5 Å². The Morgan fingerprint density at radius 1 is 1.23 bits per heavy atom. The molecule has 0 aliphatic carbocycles. The van der Waals surface area contributed by atoms with Gasteiger partial charge in [-0.05, 0) is 69.7 Å². The van der Waals surface area contributed by atoms with Crippen LogP contribution >= 0.6 is 0 Å². The van der Waals surface area contributed by atoms with Crippen LogP contribution in [0.3, 0.4) is 0 Å². The standard InChI is InChI=1S/C24H28F2N4O4S/c1-23(14-35(32,33)24(22(27)29-23)7-9-30(2)10-8-24)18-11-16(3-5-19(18)26)12-21(31)20-6-4-17(13-28-20)34-15-25/h3-6,11,13H,7-10,12,14-15H2,1-2H3,(H2,27,29)/t23-/m0/s1. The van der Waals surface area contributed by atoms with Crippen molar-refractivity contribution in [1.29, 1.82) is 0 Å². The van der Waals surface area contributed by atoms with Gasteiger partial charge in [0.15, 0.2) is 15.6 Å². The van der Waals surface area contributed by atoms with Crippen molar-refractivity contribution in [3.63, 3.8) is 0 Å². The van der Waals surface area contributed by atoms with Gasteiger partial charge in [0.05, 0.1) is 11.9 Å². The number of amidine groups is 1. The summed E-state index contributed by atoms with van der Waals surface area (Å²) >= 11 is 0. The molecule has 1 fully saturated rings. The summed E-state index contributed by atoms with van der Waals surface area (Å²) in [6, 6.07) is 6.97. The average Bonchev–Trinajstić information content (AvgIpc) is 2.80. The predicted molar refractivity (Wildman–Crippen MR) is 127 cm³/mol. The van der Waals surface area contributed by atoms with Gasteiger partial charge in [-0.2, -0.15) is 0 Å². The third-order valence-electron chi connectivity index (χ3n) is 6.91. The van der Waals surface area contributed by atoms with Crippen molar-refractivity contribution < 1.29 is 26.7 Å². The molecule has 11 heteroatoms. The molecule has 35 heavy (non-hydrogen) atoms. The van der Waals surface area contributed by atoms with Gasteiger partial charge in [0.2, 0.25) is 6.86 Å². The molecule has 0 unspecified atom stereocenters. The van der Waals surface area contributed by atoms with E-state index in [-0.39, 0.29) is 40.8 Å². The number of halogens is 2. The first kappa shape index (κ1) is 25.2. The molecule has 3 heterocycles. The Hall–Kier alpha value is -2.92. The fourth-order valence-electron chi connectivity index (χ4n) is 4.82. The Bertz CT molecular complexity index is 1260. The van der Waals surface area contributed by atoms with Gasteiger partial charge in [-0.3, -0.25) is 9.79 Å². The topological polar surface area (TPSA) is 115 Å². The largest absolute Gasteiger partial charge is 0.461 e. The summed E-state index contributed by atoms with van der Waals surface area (Å²) in [5.74, 6) is -1.14. The molecule has 1 spiro atoms. The number of hydrogen-bond acceptors (Lipinski definition) is 8. The number of rotatable bonds is 6. The molecule has 1 aromatic heterocycles. The van der Waals surface area contributed by atoms with Crippen molar-refractivity contribution in [2.75, 3.05) is 32.8 Å². The molecule has 2 aliphatic heterocycles. The molecule has 0 saturated carbocycles. The number of carbonyl (C=O) groups excluding carboxylic acids is 1. The summed E-state index contributed by atoms with van der Waals surface area (Å²) in [7, 11) is -1.82. The van der Waals surface area contributed by atoms with Crippen molar-refractivity contribution >= 4 is 21.5 Å². The molecule has 188 valence electrons. The summed E-state index contributed by atoms with van der Waals surface area (Å²) in [6.45, 7) is 1.70. The lowest BCUT2D eigenvalue weighted by Crippen LogP contribution is -2.62. The monoisotopic (exact) mass is 506 g/mol. The van der Waals surface area contributed by atoms with Crippen LogP contribution in [-0.2, 0) is 21.8 Å². The minimum Gasteiger partial charge on any atom is -0.461 e. The first-order valence-electron chi connectivity index (χ1n) is 11.2. The Labute approximate surface area is 203 Å². The summed E-state index contributed by atoms with van der Waals surface area (Å²) in [5.41, 5.74) is 5.55. The number of alkyl halides is 1. The van der Waals surface area contributed by atoms with Gasteiger partial charge < -0.3 is 15.4 Å². The van der Waals surface area contributed by atoms with E-state index in [9.17, 15) is 22.0 Å². The second-order valence-corrected chi connectivity index (χ2v) is 11.7. The minimum atomic E-state index is -3.74. The minimum absolute atomic E-state index is 0.0139. The third-order valence-corrected chi connectivity index (χ3v) is 9.66. The van der Waals surface area contributed by atoms with Crippen LogP contribution in [0.5, 0.6) is 5.75 Å². The molecule has 2 N–H and O–H groups in total. The Balaban J connectivity index is 1.63. The highest BCUT2D eigenvalue weighted by Crippen LogP contribution is 2.42. The normalized spacial score (nSPS) is 23.6. The number of ketones is 1. The van der Waals surface area contributed by atoms with Crippen LogP contribution in [-0.4, -0.2) is 67.4 Å². The summed E-state index contributed by atoms with van der Waals surface area (Å²) < 4.78 is 57.7. The molecular formula is C24H28F2N4O4S. The van der Waals surface area contributed by atoms with Crippen LogP contribution < -0.4 is 10.5 Å². The number of sulfone groups is 1. The molecule has 1 aromatic carbocycles. The molecule has 0 bridgehead atoms. The summed E-state index contributed by atoms with van der Waals surface area (Å²) in [4.78, 5) is 23.3. The van der Waals surface area contributed by atoms with Crippen molar-refractivity contribution in [3.05, 3.63) is 59.2 Å². The maximum atomic E-state index is 15.0. The average molecular weight is 507 g/mol. The lowest BCUT2D eigenvalue weighted by molar-refractivity contribution is 0.0988. The van der Waals surface area contributed by atoms with E-state index < -0.39 is 32.8 Å². The van der Waals surface area contributed by atoms with Gasteiger partial charge in [0, 0.05) is 12.0 Å². The fraction of sp³-hybridized carbons (Fsp3) is 0.458. The first-order valence-corrected chi connectivity index (χ1v) is 12.9. The van der Waals surface area contributed by atoms with E-state index in [4.69, 9.17) is 5.73 Å². The number of benzene rings is 1. The zero-order chi connectivity index (χ0) is 25.4. The Morgan fingerprint density at radius 3 is 2.54 bits per heavy atom. The molecular weight excluding hydrogens is 478 g/mol. The highest BCUT2D eigenvalue weighted by Gasteiger charge is 2.55. The first-order chi connectivity index (χ1) is 16.5. The Kier molecular flexibility index (Phi) is 6.67. The van der Waals surface area contributed by atoms with E-state index in [0.717, 1.165) is 0 Å². The maximum Gasteiger partial charge on any atom is 0.228 e. The van der Waals surface area contributed by atoms with Crippen molar-refractivity contribution in [2.45, 2.75) is 36.5 Å². The number of nitrogens with two attached hydrogens (primary N) is 1. The second-order valence-electron chi connectivity index (χ2n) is 9.37. The number of hydrogen-bond donors (Lipinski definition) is 1. The van der Waals surface area contributed by atoms with Crippen LogP contribution in [0.4, 0.5) is 8.78 Å². The predicted octanol–water partition coefficient (Wildman–Crippen LogP) is 2.42. The molecule has 1 saturated heterocycles. The zero-order valence-corrected chi connectivity index (χ0v) is 20.4. The number of aliphatic imine (C=N–C) groups is 1. The smallest absolute Gasteiger partial charge is 0.228 e. The molecule has 0 radical (unpaired) electrons. The van der Waals surface area contributed by atoms with Crippen molar-refractivity contribution in [2.24, 2.45) is 10.7 Å². The maximum absolute atomic E-state index is 15.0. The second kappa shape index (κ2) is 9.27. The molecule has 0 amide bonds. The van der Waals surface area contributed by atoms with E-state index in [2.05, 4.69) is 14.7 Å². The van der Waals surface area contributed by atoms with Gasteiger partial charge in [-0.25, -0.2) is 22.2 Å². The number of piperidine rings is 1. The molecule has 2 aromatic rings. The summed E-state index contributed by atoms with van der Waals surface area (Å²) in [6.07, 6.45) is 1.84. The molecule has 1 atom stereocenters. The van der Waals surface area contributed by atoms with Crippen molar-refractivity contribution in [1.82, 2.24) is 9.88 Å². The number of likely N-dealkylation sites (tertiary alicyclic amines) is 1. The van der Waals surface area contributed by atoms with Crippen LogP contribution in [0.25, 0.3) is 0 Å². The quantitative estimate of drug-likeness (QED) is 0.599. The van der Waals surface area contributed by atoms with E-state index in [1.165, 1.54) is 36.5 Å². The number of ether oxygens (including phenoxy) is 1. The zero-order valence-electron chi connectivity index (χ0n) is 19.6. The molecule has 4 rings (SSSR count). The van der Waals surface area contributed by atoms with Crippen LogP contribution in [0.2, 0.25) is 0 Å². The van der Waals surface area contributed by atoms with Gasteiger partial charge in [-0.15, -0.1) is 0 Å². The lowest BCUT2D eigenvalue weighted by atomic mass is 9.89.